The fraction of sp³-hybridized carbons (Fsp3) is 0.217. The summed E-state index contributed by atoms with van der Waals surface area (Å²) in [5, 5.41) is 4.91. The van der Waals surface area contributed by atoms with Gasteiger partial charge in [0.15, 0.2) is 0 Å². The van der Waals surface area contributed by atoms with Gasteiger partial charge in [-0.3, -0.25) is 6.08 Å². The van der Waals surface area contributed by atoms with Crippen LogP contribution in [0.15, 0.2) is 60.7 Å². The molecule has 2 nitrogen and oxygen atoms in total. The van der Waals surface area contributed by atoms with Gasteiger partial charge in [0, 0.05) is 0 Å². The van der Waals surface area contributed by atoms with E-state index in [4.69, 9.17) is 9.47 Å². The Labute approximate surface area is 195 Å². The molecule has 28 heavy (non-hydrogen) atoms. The molecule has 0 unspecified atom stereocenters. The fourth-order valence-corrected chi connectivity index (χ4v) is 2.57. The van der Waals surface area contributed by atoms with Crippen LogP contribution in [0.4, 0.5) is 0 Å². The van der Waals surface area contributed by atoms with E-state index in [0.717, 1.165) is 17.9 Å². The molecule has 1 aliphatic carbocycles. The molecular formula is C23H24Cl2O2Zr-2. The quantitative estimate of drug-likeness (QED) is 0.459. The number of ether oxygens (including phenoxy) is 2. The molecule has 148 valence electrons. The Bertz CT molecular complexity index is 870. The van der Waals surface area contributed by atoms with E-state index < -0.39 is 0 Å². The van der Waals surface area contributed by atoms with Crippen molar-refractivity contribution < 1.29 is 58.5 Å². The maximum absolute atomic E-state index is 5.24. The standard InChI is InChI=1S/C15H13O2.C5H5.C3H6.2ClH.Zr/c1-16-12-3-5-14-10(8-12)7-11-9-13(17-2)4-6-15(11)14;1-2-4-5-3-1;1-3-2;;;/h3-9H,1-2H3;1-3H,4H2;1-2H3;2*1H;/q2*-1;;;;+2/p-2. The first-order chi connectivity index (χ1) is 12.5. The molecule has 0 amide bonds. The minimum absolute atomic E-state index is 0. The Kier molecular flexibility index (Phi) is 13.2. The van der Waals surface area contributed by atoms with E-state index in [1.807, 2.05) is 24.3 Å². The number of halogens is 2. The molecule has 0 saturated heterocycles. The Balaban J connectivity index is 0.000000559. The van der Waals surface area contributed by atoms with Crippen molar-refractivity contribution in [2.45, 2.75) is 20.3 Å². The molecular weight excluding hydrogens is 470 g/mol. The molecule has 0 fully saturated rings. The third kappa shape index (κ3) is 7.99. The Morgan fingerprint density at radius 1 is 0.929 bits per heavy atom. The van der Waals surface area contributed by atoms with Crippen molar-refractivity contribution in [1.29, 1.82) is 0 Å². The number of allylic oxidation sites excluding steroid dienone is 4. The summed E-state index contributed by atoms with van der Waals surface area (Å²) in [6.45, 7) is 4.25. The van der Waals surface area contributed by atoms with Gasteiger partial charge in [0.05, 0.1) is 25.7 Å². The number of methoxy groups -OCH3 is 2. The van der Waals surface area contributed by atoms with Crippen LogP contribution < -0.4 is 34.3 Å². The molecule has 0 aliphatic heterocycles. The minimum atomic E-state index is 0. The van der Waals surface area contributed by atoms with Gasteiger partial charge in [-0.05, 0) is 12.1 Å². The Morgan fingerprint density at radius 3 is 1.68 bits per heavy atom. The molecule has 0 spiro atoms. The number of benzene rings is 2. The van der Waals surface area contributed by atoms with Gasteiger partial charge in [0.1, 0.15) is 0 Å². The Hall–Kier alpha value is -1.28. The fourth-order valence-electron chi connectivity index (χ4n) is 2.57. The predicted octanol–water partition coefficient (Wildman–Crippen LogP) is -0.212. The van der Waals surface area contributed by atoms with E-state index in [9.17, 15) is 0 Å². The van der Waals surface area contributed by atoms with E-state index in [2.05, 4.69) is 56.3 Å². The molecule has 3 aromatic carbocycles. The summed E-state index contributed by atoms with van der Waals surface area (Å²) in [5.41, 5.74) is 0. The number of fused-ring (bicyclic) bond motifs is 3. The van der Waals surface area contributed by atoms with E-state index in [0.29, 0.717) is 0 Å². The monoisotopic (exact) mass is 492 g/mol. The predicted molar refractivity (Wildman–Crippen MR) is 108 cm³/mol. The van der Waals surface area contributed by atoms with Gasteiger partial charge in [0.25, 0.3) is 0 Å². The summed E-state index contributed by atoms with van der Waals surface area (Å²) < 4.78 is 12.0. The van der Waals surface area contributed by atoms with Crippen LogP contribution in [0.2, 0.25) is 0 Å². The molecule has 3 aromatic rings. The normalized spacial score (nSPS) is 10.8. The van der Waals surface area contributed by atoms with Crippen molar-refractivity contribution in [3.63, 3.8) is 0 Å². The van der Waals surface area contributed by atoms with Gasteiger partial charge in [-0.1, -0.05) is 24.3 Å². The zero-order valence-electron chi connectivity index (χ0n) is 16.6. The molecule has 0 aromatic heterocycles. The van der Waals surface area contributed by atoms with E-state index in [-0.39, 0.29) is 24.8 Å². The van der Waals surface area contributed by atoms with Crippen molar-refractivity contribution in [3.05, 3.63) is 66.8 Å². The number of rotatable bonds is 2. The topological polar surface area (TPSA) is 18.5 Å². The molecule has 0 saturated carbocycles. The van der Waals surface area contributed by atoms with E-state index in [1.54, 1.807) is 38.5 Å². The summed E-state index contributed by atoms with van der Waals surface area (Å²) in [7, 11) is 3.37. The second-order valence-corrected chi connectivity index (χ2v) is 8.51. The first kappa shape index (κ1) is 26.7. The zero-order valence-corrected chi connectivity index (χ0v) is 20.5. The van der Waals surface area contributed by atoms with Crippen LogP contribution in [-0.4, -0.2) is 17.4 Å². The van der Waals surface area contributed by atoms with Gasteiger partial charge in [-0.15, -0.1) is 34.0 Å². The summed E-state index contributed by atoms with van der Waals surface area (Å²) in [6, 6.07) is 14.5. The molecule has 5 heteroatoms. The Morgan fingerprint density at radius 2 is 1.39 bits per heavy atom. The largest absolute Gasteiger partial charge is 1.00 e. The maximum atomic E-state index is 5.24. The van der Waals surface area contributed by atoms with Gasteiger partial charge in [-0.2, -0.15) is 6.08 Å². The number of hydrogen-bond acceptors (Lipinski definition) is 2. The SMILES string of the molecule is COc1ccc2c(c1)[cH-]c1cc(OC)ccc12.C[C](C)=[Zr+2].[C-]1=CC=CC1.[Cl-].[Cl-]. The van der Waals surface area contributed by atoms with Crippen LogP contribution in [-0.2, 0) is 24.2 Å². The minimum Gasteiger partial charge on any atom is -1.00 e. The third-order valence-electron chi connectivity index (χ3n) is 3.70. The second-order valence-electron chi connectivity index (χ2n) is 6.05. The smallest absolute Gasteiger partial charge is 0.109 e. The average Bonchev–Trinajstić information content (AvgIpc) is 3.31. The van der Waals surface area contributed by atoms with Crippen LogP contribution >= 0.6 is 0 Å². The van der Waals surface area contributed by atoms with Crippen LogP contribution in [0.3, 0.4) is 0 Å². The first-order valence-corrected chi connectivity index (χ1v) is 9.72. The molecule has 0 bridgehead atoms. The molecule has 1 aliphatic rings. The average molecular weight is 495 g/mol. The molecule has 0 N–H and O–H groups in total. The molecule has 0 radical (unpaired) electrons. The maximum Gasteiger partial charge on any atom is -0.109 e. The summed E-state index contributed by atoms with van der Waals surface area (Å²) >= 11 is 1.55. The summed E-state index contributed by atoms with van der Waals surface area (Å²) in [4.78, 5) is 0. The van der Waals surface area contributed by atoms with Crippen molar-refractivity contribution >= 4 is 24.8 Å². The van der Waals surface area contributed by atoms with Crippen LogP contribution in [0, 0.1) is 6.08 Å². The van der Waals surface area contributed by atoms with Crippen molar-refractivity contribution in [2.24, 2.45) is 0 Å². The summed E-state index contributed by atoms with van der Waals surface area (Å²) in [6.07, 6.45) is 10.0. The third-order valence-corrected chi connectivity index (χ3v) is 3.70. The van der Waals surface area contributed by atoms with Gasteiger partial charge >= 0.3 is 41.3 Å². The number of hydrogen-bond donors (Lipinski definition) is 0. The van der Waals surface area contributed by atoms with Crippen LogP contribution in [0.25, 0.3) is 21.5 Å². The second kappa shape index (κ2) is 13.8. The van der Waals surface area contributed by atoms with Crippen LogP contribution in [0.1, 0.15) is 20.3 Å². The van der Waals surface area contributed by atoms with Crippen molar-refractivity contribution in [3.8, 4) is 11.5 Å². The van der Waals surface area contributed by atoms with Gasteiger partial charge in [0.2, 0.25) is 0 Å². The zero-order chi connectivity index (χ0) is 18.9. The van der Waals surface area contributed by atoms with E-state index in [1.165, 1.54) is 24.8 Å². The summed E-state index contributed by atoms with van der Waals surface area (Å²) in [5.74, 6) is 1.78. The van der Waals surface area contributed by atoms with Crippen LogP contribution in [0.5, 0.6) is 11.5 Å². The van der Waals surface area contributed by atoms with E-state index >= 15 is 0 Å². The van der Waals surface area contributed by atoms with Crippen molar-refractivity contribution in [1.82, 2.24) is 0 Å². The van der Waals surface area contributed by atoms with Gasteiger partial charge in [-0.25, -0.2) is 12.2 Å². The van der Waals surface area contributed by atoms with Gasteiger partial charge < -0.3 is 34.3 Å². The first-order valence-electron chi connectivity index (χ1n) is 8.50. The molecule has 4 rings (SSSR count). The van der Waals surface area contributed by atoms with Crippen molar-refractivity contribution in [2.75, 3.05) is 14.2 Å². The molecule has 0 heterocycles. The molecule has 0 atom stereocenters.